The Bertz CT molecular complexity index is 2930. The smallest absolute Gasteiger partial charge is 0.0972 e. The molecule has 0 amide bonds. The average molecular weight is 698 g/mol. The molecule has 2 aliphatic rings. The molecule has 0 unspecified atom stereocenters. The molecule has 5 aromatic carbocycles. The fraction of sp³-hybridized carbons (Fsp3) is 0.122. The predicted molar refractivity (Wildman–Crippen MR) is 226 cm³/mol. The first-order chi connectivity index (χ1) is 26.1. The van der Waals surface area contributed by atoms with Gasteiger partial charge < -0.3 is 10.6 Å². The summed E-state index contributed by atoms with van der Waals surface area (Å²) in [6.07, 6.45) is 7.48. The summed E-state index contributed by atoms with van der Waals surface area (Å²) in [5, 5.41) is 3.18. The molecule has 2 aliphatic heterocycles. The van der Waals surface area contributed by atoms with Crippen LogP contribution in [-0.4, -0.2) is 15.0 Å². The van der Waals surface area contributed by atoms with Crippen LogP contribution in [0.1, 0.15) is 55.5 Å². The number of anilines is 4. The van der Waals surface area contributed by atoms with Gasteiger partial charge in [0.2, 0.25) is 0 Å². The zero-order valence-corrected chi connectivity index (χ0v) is 30.9. The minimum atomic E-state index is -0.353. The number of allylic oxidation sites excluding steroid dienone is 2. The molecule has 2 N–H and O–H groups in total. The average Bonchev–Trinajstić information content (AvgIpc) is 3.20. The van der Waals surface area contributed by atoms with E-state index in [1.807, 2.05) is 30.5 Å². The highest BCUT2D eigenvalue weighted by molar-refractivity contribution is 6.04. The first-order valence-corrected chi connectivity index (χ1v) is 18.5. The van der Waals surface area contributed by atoms with E-state index >= 15 is 0 Å². The molecule has 5 nitrogen and oxygen atoms in total. The lowest BCUT2D eigenvalue weighted by atomic mass is 9.65. The quantitative estimate of drug-likeness (QED) is 0.113. The van der Waals surface area contributed by atoms with Crippen molar-refractivity contribution in [1.82, 2.24) is 15.0 Å². The number of nitrogens with two attached hydrogens (primary N) is 1. The molecule has 5 heteroatoms. The zero-order valence-electron chi connectivity index (χ0n) is 30.9. The number of nitrogens with zero attached hydrogens (tertiary/aromatic N) is 4. The molecule has 0 radical (unpaired) electrons. The molecule has 8 aromatic rings. The van der Waals surface area contributed by atoms with Crippen molar-refractivity contribution in [3.63, 3.8) is 0 Å². The van der Waals surface area contributed by atoms with Gasteiger partial charge in [0.1, 0.15) is 0 Å². The van der Waals surface area contributed by atoms with Crippen LogP contribution in [0.2, 0.25) is 0 Å². The fourth-order valence-corrected chi connectivity index (χ4v) is 8.81. The molecular formula is C49H39N5. The summed E-state index contributed by atoms with van der Waals surface area (Å²) in [5.41, 5.74) is 23.1. The summed E-state index contributed by atoms with van der Waals surface area (Å²) in [6, 6.07) is 41.5. The summed E-state index contributed by atoms with van der Waals surface area (Å²) in [7, 11) is 0. The molecule has 0 bridgehead atoms. The Balaban J connectivity index is 1.19. The van der Waals surface area contributed by atoms with Crippen LogP contribution >= 0.6 is 0 Å². The van der Waals surface area contributed by atoms with Gasteiger partial charge in [0.05, 0.1) is 50.7 Å². The normalized spacial score (nSPS) is 15.0. The van der Waals surface area contributed by atoms with Crippen molar-refractivity contribution in [2.45, 2.75) is 38.5 Å². The molecule has 0 aliphatic carbocycles. The van der Waals surface area contributed by atoms with Gasteiger partial charge in [0, 0.05) is 44.3 Å². The Kier molecular flexibility index (Phi) is 6.81. The minimum Gasteiger partial charge on any atom is -0.396 e. The van der Waals surface area contributed by atoms with Crippen LogP contribution in [0.25, 0.3) is 61.3 Å². The molecule has 3 aromatic heterocycles. The van der Waals surface area contributed by atoms with Crippen LogP contribution in [-0.2, 0) is 10.8 Å². The molecule has 0 saturated heterocycles. The fourth-order valence-electron chi connectivity index (χ4n) is 8.81. The molecule has 54 heavy (non-hydrogen) atoms. The van der Waals surface area contributed by atoms with E-state index in [1.54, 1.807) is 6.08 Å². The van der Waals surface area contributed by atoms with E-state index in [0.29, 0.717) is 5.69 Å². The third-order valence-corrected chi connectivity index (χ3v) is 11.8. The molecule has 0 atom stereocenters. The summed E-state index contributed by atoms with van der Waals surface area (Å²) >= 11 is 0. The van der Waals surface area contributed by atoms with Gasteiger partial charge in [-0.1, -0.05) is 119 Å². The molecule has 5 heterocycles. The summed E-state index contributed by atoms with van der Waals surface area (Å²) in [4.78, 5) is 17.7. The maximum Gasteiger partial charge on any atom is 0.0972 e. The summed E-state index contributed by atoms with van der Waals surface area (Å²) in [6.45, 7) is 13.2. The Morgan fingerprint density at radius 3 is 1.98 bits per heavy atom. The number of rotatable bonds is 4. The van der Waals surface area contributed by atoms with Crippen LogP contribution < -0.4 is 10.6 Å². The third kappa shape index (κ3) is 4.54. The van der Waals surface area contributed by atoms with Crippen molar-refractivity contribution >= 4 is 61.5 Å². The van der Waals surface area contributed by atoms with Crippen molar-refractivity contribution in [3.05, 3.63) is 168 Å². The number of hydrogen-bond acceptors (Lipinski definition) is 5. The van der Waals surface area contributed by atoms with Crippen molar-refractivity contribution in [2.75, 3.05) is 10.6 Å². The van der Waals surface area contributed by atoms with Crippen molar-refractivity contribution in [3.8, 4) is 22.5 Å². The van der Waals surface area contributed by atoms with E-state index in [4.69, 9.17) is 20.7 Å². The van der Waals surface area contributed by atoms with Crippen molar-refractivity contribution in [1.29, 1.82) is 0 Å². The molecule has 0 fully saturated rings. The van der Waals surface area contributed by atoms with E-state index in [1.165, 1.54) is 39.3 Å². The highest BCUT2D eigenvalue weighted by atomic mass is 15.2. The number of nitrogen functional groups attached to an aromatic ring is 1. The Morgan fingerprint density at radius 2 is 1.20 bits per heavy atom. The van der Waals surface area contributed by atoms with Crippen LogP contribution in [0.3, 0.4) is 0 Å². The Labute approximate surface area is 315 Å². The third-order valence-electron chi connectivity index (χ3n) is 11.8. The van der Waals surface area contributed by atoms with Gasteiger partial charge in [-0.25, -0.2) is 9.97 Å². The van der Waals surface area contributed by atoms with Gasteiger partial charge in [-0.3, -0.25) is 4.98 Å². The van der Waals surface area contributed by atoms with E-state index in [-0.39, 0.29) is 10.8 Å². The molecular weight excluding hydrogens is 659 g/mol. The SMILES string of the molecule is C=C/C=C\c1ccc2ccc(-c3ccc4c(c3)C(C)(C)c3cc(-c5ccc6ccc7cccnc7c6n5)cc5c3N4c3ccccc3C5(C)C)nc2c1N. The second-order valence-electron chi connectivity index (χ2n) is 15.6. The standard InChI is InChI=1S/C49H39N5/c1-6-7-11-29-15-16-31-19-22-39(52-44(31)43(29)50)33-21-24-42-36(26-33)49(4,5)38-28-34(27-37-47(38)54(42)41-14-9-8-13-35(41)48(37,2)3)40-23-20-32-18-17-30-12-10-25-51-45(30)46(32)53-40/h6-28H,1,50H2,2-5H3/b11-7-. The van der Waals surface area contributed by atoms with E-state index in [2.05, 4.69) is 142 Å². The Hall–Kier alpha value is -6.59. The van der Waals surface area contributed by atoms with E-state index in [0.717, 1.165) is 60.8 Å². The largest absolute Gasteiger partial charge is 0.396 e. The minimum absolute atomic E-state index is 0.250. The first kappa shape index (κ1) is 32.1. The zero-order chi connectivity index (χ0) is 36.9. The highest BCUT2D eigenvalue weighted by Crippen LogP contribution is 2.61. The van der Waals surface area contributed by atoms with Gasteiger partial charge in [0.25, 0.3) is 0 Å². The monoisotopic (exact) mass is 697 g/mol. The van der Waals surface area contributed by atoms with Crippen LogP contribution in [0, 0.1) is 0 Å². The maximum atomic E-state index is 6.69. The number of fused-ring (bicyclic) bond motifs is 8. The second-order valence-corrected chi connectivity index (χ2v) is 15.6. The number of hydrogen-bond donors (Lipinski definition) is 1. The van der Waals surface area contributed by atoms with Gasteiger partial charge in [-0.15, -0.1) is 0 Å². The van der Waals surface area contributed by atoms with Crippen LogP contribution in [0.5, 0.6) is 0 Å². The lowest BCUT2D eigenvalue weighted by Crippen LogP contribution is -2.38. The van der Waals surface area contributed by atoms with E-state index in [9.17, 15) is 0 Å². The van der Waals surface area contributed by atoms with E-state index < -0.39 is 0 Å². The van der Waals surface area contributed by atoms with Crippen LogP contribution in [0.4, 0.5) is 22.7 Å². The first-order valence-electron chi connectivity index (χ1n) is 18.5. The van der Waals surface area contributed by atoms with Crippen molar-refractivity contribution in [2.24, 2.45) is 0 Å². The molecule has 10 rings (SSSR count). The van der Waals surface area contributed by atoms with Gasteiger partial charge in [-0.2, -0.15) is 0 Å². The molecule has 0 saturated carbocycles. The number of pyridine rings is 3. The molecule has 260 valence electrons. The van der Waals surface area contributed by atoms with Gasteiger partial charge >= 0.3 is 0 Å². The van der Waals surface area contributed by atoms with Gasteiger partial charge in [0.15, 0.2) is 0 Å². The summed E-state index contributed by atoms with van der Waals surface area (Å²) in [5.74, 6) is 0. The summed E-state index contributed by atoms with van der Waals surface area (Å²) < 4.78 is 0. The van der Waals surface area contributed by atoms with Crippen molar-refractivity contribution < 1.29 is 0 Å². The highest BCUT2D eigenvalue weighted by Gasteiger charge is 2.45. The van der Waals surface area contributed by atoms with Crippen LogP contribution in [0.15, 0.2) is 140 Å². The molecule has 0 spiro atoms. The Morgan fingerprint density at radius 1 is 0.593 bits per heavy atom. The second kappa shape index (κ2) is 11.5. The lowest BCUT2D eigenvalue weighted by molar-refractivity contribution is 0.598. The number of aromatic nitrogens is 3. The maximum absolute atomic E-state index is 6.69. The number of para-hydroxylation sites is 1. The predicted octanol–water partition coefficient (Wildman–Crippen LogP) is 12.2. The lowest BCUT2D eigenvalue weighted by Gasteiger charge is -2.49. The van der Waals surface area contributed by atoms with Gasteiger partial charge in [-0.05, 0) is 76.3 Å². The number of benzene rings is 5. The topological polar surface area (TPSA) is 67.9 Å².